The Morgan fingerprint density at radius 2 is 2.06 bits per heavy atom. The summed E-state index contributed by atoms with van der Waals surface area (Å²) in [5, 5.41) is 6.93. The van der Waals surface area contributed by atoms with Crippen molar-refractivity contribution in [1.29, 1.82) is 0 Å². The first-order valence-corrected chi connectivity index (χ1v) is 5.76. The zero-order chi connectivity index (χ0) is 12.0. The Balaban J connectivity index is 2.51. The predicted octanol–water partition coefficient (Wildman–Crippen LogP) is 2.71. The summed E-state index contributed by atoms with van der Waals surface area (Å²) in [5.41, 5.74) is 2.50. The molecule has 0 aromatic heterocycles. The molecular formula is C13H18N2S. The van der Waals surface area contributed by atoms with E-state index < -0.39 is 0 Å². The van der Waals surface area contributed by atoms with Gasteiger partial charge in [0.15, 0.2) is 5.11 Å². The van der Waals surface area contributed by atoms with Crippen LogP contribution in [0.2, 0.25) is 0 Å². The molecule has 0 aliphatic heterocycles. The normalized spacial score (nSPS) is 11.6. The van der Waals surface area contributed by atoms with Crippen molar-refractivity contribution in [3.05, 3.63) is 48.0 Å². The molecular weight excluding hydrogens is 216 g/mol. The van der Waals surface area contributed by atoms with E-state index in [4.69, 9.17) is 12.2 Å². The summed E-state index contributed by atoms with van der Waals surface area (Å²) in [4.78, 5) is 0. The van der Waals surface area contributed by atoms with E-state index in [1.807, 2.05) is 0 Å². The second-order valence-corrected chi connectivity index (χ2v) is 4.18. The van der Waals surface area contributed by atoms with Gasteiger partial charge in [0.05, 0.1) is 6.04 Å². The summed E-state index contributed by atoms with van der Waals surface area (Å²) in [6.07, 6.45) is 1.78. The van der Waals surface area contributed by atoms with Crippen LogP contribution in [0.4, 0.5) is 0 Å². The first-order valence-electron chi connectivity index (χ1n) is 5.35. The van der Waals surface area contributed by atoms with Crippen LogP contribution < -0.4 is 10.6 Å². The van der Waals surface area contributed by atoms with E-state index in [0.29, 0.717) is 11.7 Å². The minimum absolute atomic E-state index is 0.213. The van der Waals surface area contributed by atoms with Gasteiger partial charge in [0, 0.05) is 6.54 Å². The van der Waals surface area contributed by atoms with Crippen LogP contribution in [0.25, 0.3) is 0 Å². The summed E-state index contributed by atoms with van der Waals surface area (Å²) in [5.74, 6) is 0. The third-order valence-electron chi connectivity index (χ3n) is 2.33. The van der Waals surface area contributed by atoms with Gasteiger partial charge in [0.1, 0.15) is 0 Å². The molecule has 0 amide bonds. The van der Waals surface area contributed by atoms with Crippen LogP contribution >= 0.6 is 12.2 Å². The fourth-order valence-electron chi connectivity index (χ4n) is 1.35. The molecule has 0 spiro atoms. The summed E-state index contributed by atoms with van der Waals surface area (Å²) >= 11 is 5.15. The smallest absolute Gasteiger partial charge is 0.167 e. The molecule has 2 nitrogen and oxygen atoms in total. The van der Waals surface area contributed by atoms with Gasteiger partial charge in [-0.3, -0.25) is 0 Å². The third-order valence-corrected chi connectivity index (χ3v) is 2.59. The lowest BCUT2D eigenvalue weighted by molar-refractivity contribution is 0.705. The molecule has 0 saturated carbocycles. The van der Waals surface area contributed by atoms with Gasteiger partial charge >= 0.3 is 0 Å². The molecule has 0 bridgehead atoms. The van der Waals surface area contributed by atoms with Gasteiger partial charge in [-0.1, -0.05) is 35.9 Å². The molecule has 1 rings (SSSR count). The molecule has 0 aliphatic rings. The average Bonchev–Trinajstić information content (AvgIpc) is 2.27. The zero-order valence-corrected chi connectivity index (χ0v) is 10.6. The van der Waals surface area contributed by atoms with E-state index in [1.54, 1.807) is 6.08 Å². The van der Waals surface area contributed by atoms with E-state index in [2.05, 4.69) is 55.3 Å². The highest BCUT2D eigenvalue weighted by Crippen LogP contribution is 2.12. The average molecular weight is 234 g/mol. The SMILES string of the molecule is C=CCNC(=S)NC(C)c1ccc(C)cc1. The fourth-order valence-corrected chi connectivity index (χ4v) is 1.61. The molecule has 1 aromatic rings. The highest BCUT2D eigenvalue weighted by atomic mass is 32.1. The van der Waals surface area contributed by atoms with Crippen molar-refractivity contribution in [3.63, 3.8) is 0 Å². The van der Waals surface area contributed by atoms with Gasteiger partial charge in [-0.2, -0.15) is 0 Å². The van der Waals surface area contributed by atoms with Gasteiger partial charge in [-0.05, 0) is 31.6 Å². The first-order chi connectivity index (χ1) is 7.63. The van der Waals surface area contributed by atoms with E-state index in [1.165, 1.54) is 11.1 Å². The molecule has 1 unspecified atom stereocenters. The summed E-state index contributed by atoms with van der Waals surface area (Å²) in [6, 6.07) is 8.65. The second kappa shape index (κ2) is 6.28. The highest BCUT2D eigenvalue weighted by molar-refractivity contribution is 7.80. The predicted molar refractivity (Wildman–Crippen MR) is 73.5 cm³/mol. The summed E-state index contributed by atoms with van der Waals surface area (Å²) < 4.78 is 0. The number of thiocarbonyl (C=S) groups is 1. The fraction of sp³-hybridized carbons (Fsp3) is 0.308. The number of hydrogen-bond acceptors (Lipinski definition) is 1. The topological polar surface area (TPSA) is 24.1 Å². The lowest BCUT2D eigenvalue weighted by Crippen LogP contribution is -2.36. The van der Waals surface area contributed by atoms with Gasteiger partial charge in [-0.25, -0.2) is 0 Å². The van der Waals surface area contributed by atoms with Crippen molar-refractivity contribution in [2.45, 2.75) is 19.9 Å². The number of benzene rings is 1. The van der Waals surface area contributed by atoms with E-state index in [9.17, 15) is 0 Å². The quantitative estimate of drug-likeness (QED) is 0.619. The van der Waals surface area contributed by atoms with Crippen molar-refractivity contribution in [2.75, 3.05) is 6.54 Å². The Kier molecular flexibility index (Phi) is 4.99. The van der Waals surface area contributed by atoms with Crippen LogP contribution in [0.5, 0.6) is 0 Å². The molecule has 0 heterocycles. The van der Waals surface area contributed by atoms with Crippen LogP contribution in [0.15, 0.2) is 36.9 Å². The number of aryl methyl sites for hydroxylation is 1. The maximum absolute atomic E-state index is 5.15. The van der Waals surface area contributed by atoms with Crippen molar-refractivity contribution >= 4 is 17.3 Å². The minimum Gasteiger partial charge on any atom is -0.359 e. The Hall–Kier alpha value is -1.35. The maximum atomic E-state index is 5.15. The summed E-state index contributed by atoms with van der Waals surface area (Å²) in [7, 11) is 0. The molecule has 3 heteroatoms. The van der Waals surface area contributed by atoms with Crippen LogP contribution in [-0.2, 0) is 0 Å². The largest absolute Gasteiger partial charge is 0.359 e. The first kappa shape index (κ1) is 12.7. The van der Waals surface area contributed by atoms with Crippen LogP contribution in [0.3, 0.4) is 0 Å². The highest BCUT2D eigenvalue weighted by Gasteiger charge is 2.05. The van der Waals surface area contributed by atoms with Gasteiger partial charge in [-0.15, -0.1) is 6.58 Å². The van der Waals surface area contributed by atoms with Crippen LogP contribution in [0, 0.1) is 6.92 Å². The minimum atomic E-state index is 0.213. The Labute approximate surface area is 103 Å². The molecule has 1 aromatic carbocycles. The summed E-state index contributed by atoms with van der Waals surface area (Å²) in [6.45, 7) is 8.49. The van der Waals surface area contributed by atoms with Crippen molar-refractivity contribution in [1.82, 2.24) is 10.6 Å². The van der Waals surface area contributed by atoms with E-state index in [-0.39, 0.29) is 6.04 Å². The van der Waals surface area contributed by atoms with Crippen LogP contribution in [0.1, 0.15) is 24.1 Å². The van der Waals surface area contributed by atoms with Crippen molar-refractivity contribution < 1.29 is 0 Å². The lowest BCUT2D eigenvalue weighted by Gasteiger charge is -2.16. The third kappa shape index (κ3) is 4.03. The molecule has 2 N–H and O–H groups in total. The van der Waals surface area contributed by atoms with E-state index in [0.717, 1.165) is 0 Å². The van der Waals surface area contributed by atoms with Gasteiger partial charge in [0.2, 0.25) is 0 Å². The molecule has 0 aliphatic carbocycles. The monoisotopic (exact) mass is 234 g/mol. The second-order valence-electron chi connectivity index (χ2n) is 3.78. The molecule has 0 saturated heterocycles. The molecule has 0 fully saturated rings. The Morgan fingerprint density at radius 1 is 1.44 bits per heavy atom. The number of hydrogen-bond donors (Lipinski definition) is 2. The molecule has 86 valence electrons. The van der Waals surface area contributed by atoms with Crippen LogP contribution in [-0.4, -0.2) is 11.7 Å². The lowest BCUT2D eigenvalue weighted by atomic mass is 10.1. The molecule has 1 atom stereocenters. The standard InChI is InChI=1S/C13H18N2S/c1-4-9-14-13(16)15-11(3)12-7-5-10(2)6-8-12/h4-8,11H,1,9H2,2-3H3,(H2,14,15,16). The Bertz CT molecular complexity index is 357. The number of nitrogens with one attached hydrogen (secondary N) is 2. The van der Waals surface area contributed by atoms with Gasteiger partial charge in [0.25, 0.3) is 0 Å². The molecule has 16 heavy (non-hydrogen) atoms. The molecule has 0 radical (unpaired) electrons. The zero-order valence-electron chi connectivity index (χ0n) is 9.79. The van der Waals surface area contributed by atoms with Gasteiger partial charge < -0.3 is 10.6 Å². The van der Waals surface area contributed by atoms with Crippen molar-refractivity contribution in [3.8, 4) is 0 Å². The number of rotatable bonds is 4. The van der Waals surface area contributed by atoms with E-state index >= 15 is 0 Å². The maximum Gasteiger partial charge on any atom is 0.167 e. The Morgan fingerprint density at radius 3 is 2.62 bits per heavy atom. The van der Waals surface area contributed by atoms with Crippen molar-refractivity contribution in [2.24, 2.45) is 0 Å².